The lowest BCUT2D eigenvalue weighted by Crippen LogP contribution is -2.34. The molecule has 1 heterocycles. The van der Waals surface area contributed by atoms with Gasteiger partial charge in [-0.2, -0.15) is 0 Å². The molecule has 3 rings (SSSR count). The molecule has 1 aliphatic rings. The Morgan fingerprint density at radius 3 is 2.29 bits per heavy atom. The van der Waals surface area contributed by atoms with Gasteiger partial charge < -0.3 is 20.9 Å². The van der Waals surface area contributed by atoms with Gasteiger partial charge in [0.25, 0.3) is 0 Å². The predicted molar refractivity (Wildman–Crippen MR) is 123 cm³/mol. The van der Waals surface area contributed by atoms with Crippen LogP contribution in [0.5, 0.6) is 0 Å². The molecule has 1 aliphatic heterocycles. The minimum atomic E-state index is -0.465. The zero-order valence-electron chi connectivity index (χ0n) is 18.4. The van der Waals surface area contributed by atoms with Gasteiger partial charge in [-0.3, -0.25) is 9.59 Å². The van der Waals surface area contributed by atoms with E-state index in [2.05, 4.69) is 29.8 Å². The molecular formula is C24H30N4O3. The molecule has 0 radical (unpaired) electrons. The third-order valence-electron chi connectivity index (χ3n) is 5.20. The number of hydrogen-bond acceptors (Lipinski definition) is 3. The number of hydrogen-bond donors (Lipinski definition) is 3. The molecule has 1 saturated heterocycles. The molecule has 2 aromatic rings. The first-order chi connectivity index (χ1) is 14.7. The Labute approximate surface area is 183 Å². The summed E-state index contributed by atoms with van der Waals surface area (Å²) in [6.07, 6.45) is 0.154. The maximum atomic E-state index is 12.9. The van der Waals surface area contributed by atoms with E-state index >= 15 is 0 Å². The van der Waals surface area contributed by atoms with Gasteiger partial charge in [-0.1, -0.05) is 38.1 Å². The van der Waals surface area contributed by atoms with Crippen molar-refractivity contribution >= 4 is 34.9 Å². The van der Waals surface area contributed by atoms with Gasteiger partial charge >= 0.3 is 6.03 Å². The van der Waals surface area contributed by atoms with E-state index in [1.54, 1.807) is 29.2 Å². The van der Waals surface area contributed by atoms with Gasteiger partial charge in [0.15, 0.2) is 0 Å². The molecule has 0 saturated carbocycles. The summed E-state index contributed by atoms with van der Waals surface area (Å²) in [5, 5.41) is 8.38. The second kappa shape index (κ2) is 9.64. The molecule has 4 amide bonds. The third kappa shape index (κ3) is 5.63. The summed E-state index contributed by atoms with van der Waals surface area (Å²) < 4.78 is 0. The average molecular weight is 423 g/mol. The normalized spacial score (nSPS) is 16.0. The number of para-hydroxylation sites is 2. The molecule has 1 unspecified atom stereocenters. The van der Waals surface area contributed by atoms with E-state index in [1.165, 1.54) is 0 Å². The van der Waals surface area contributed by atoms with Crippen LogP contribution in [0.2, 0.25) is 0 Å². The third-order valence-corrected chi connectivity index (χ3v) is 5.20. The summed E-state index contributed by atoms with van der Waals surface area (Å²) in [6, 6.07) is 14.5. The number of carbonyl (C=O) groups is 3. The summed E-state index contributed by atoms with van der Waals surface area (Å²) >= 11 is 0. The van der Waals surface area contributed by atoms with Gasteiger partial charge in [-0.25, -0.2) is 4.79 Å². The Hall–Kier alpha value is -3.35. The van der Waals surface area contributed by atoms with Gasteiger partial charge in [0, 0.05) is 24.7 Å². The van der Waals surface area contributed by atoms with Crippen molar-refractivity contribution in [3.8, 4) is 0 Å². The highest BCUT2D eigenvalue weighted by molar-refractivity contribution is 6.05. The largest absolute Gasteiger partial charge is 0.336 e. The summed E-state index contributed by atoms with van der Waals surface area (Å²) in [4.78, 5) is 39.3. The topological polar surface area (TPSA) is 90.5 Å². The number of rotatable bonds is 6. The van der Waals surface area contributed by atoms with Crippen LogP contribution in [-0.4, -0.2) is 30.4 Å². The van der Waals surface area contributed by atoms with Crippen molar-refractivity contribution in [2.75, 3.05) is 22.1 Å². The van der Waals surface area contributed by atoms with Gasteiger partial charge in [-0.05, 0) is 49.6 Å². The number of anilines is 3. The maximum absolute atomic E-state index is 12.9. The standard InChI is InChI=1S/C24H30N4O3/c1-15(2)17-8-7-9-19(12-17)28-14-18(13-22(28)29)23(30)26-20-10-5-6-11-21(20)27-24(31)25-16(3)4/h5-12,15-16,18H,13-14H2,1-4H3,(H,26,30)(H2,25,27,31). The highest BCUT2D eigenvalue weighted by Gasteiger charge is 2.35. The van der Waals surface area contributed by atoms with E-state index in [9.17, 15) is 14.4 Å². The molecule has 2 aromatic carbocycles. The van der Waals surface area contributed by atoms with Crippen LogP contribution in [0.1, 0.15) is 45.6 Å². The molecule has 3 N–H and O–H groups in total. The lowest BCUT2D eigenvalue weighted by Gasteiger charge is -2.19. The van der Waals surface area contributed by atoms with E-state index < -0.39 is 5.92 Å². The molecule has 0 aromatic heterocycles. The molecule has 31 heavy (non-hydrogen) atoms. The summed E-state index contributed by atoms with van der Waals surface area (Å²) in [6.45, 7) is 8.28. The maximum Gasteiger partial charge on any atom is 0.319 e. The predicted octanol–water partition coefficient (Wildman–Crippen LogP) is 4.33. The van der Waals surface area contributed by atoms with Crippen molar-refractivity contribution in [3.63, 3.8) is 0 Å². The minimum Gasteiger partial charge on any atom is -0.336 e. The highest BCUT2D eigenvalue weighted by atomic mass is 16.2. The van der Waals surface area contributed by atoms with Gasteiger partial charge in [-0.15, -0.1) is 0 Å². The van der Waals surface area contributed by atoms with Crippen LogP contribution in [-0.2, 0) is 9.59 Å². The van der Waals surface area contributed by atoms with E-state index in [0.717, 1.165) is 11.3 Å². The lowest BCUT2D eigenvalue weighted by molar-refractivity contribution is -0.122. The minimum absolute atomic E-state index is 0.00793. The Morgan fingerprint density at radius 1 is 0.968 bits per heavy atom. The van der Waals surface area contributed by atoms with Crippen molar-refractivity contribution in [1.29, 1.82) is 0 Å². The second-order valence-electron chi connectivity index (χ2n) is 8.44. The van der Waals surface area contributed by atoms with Crippen LogP contribution in [0, 0.1) is 5.92 Å². The summed E-state index contributed by atoms with van der Waals surface area (Å²) in [5.41, 5.74) is 2.97. The Balaban J connectivity index is 1.69. The van der Waals surface area contributed by atoms with Crippen LogP contribution >= 0.6 is 0 Å². The Kier molecular flexibility index (Phi) is 6.95. The van der Waals surface area contributed by atoms with Gasteiger partial charge in [0.2, 0.25) is 11.8 Å². The SMILES string of the molecule is CC(C)NC(=O)Nc1ccccc1NC(=O)C1CC(=O)N(c2cccc(C(C)C)c2)C1. The average Bonchev–Trinajstić information content (AvgIpc) is 3.11. The summed E-state index contributed by atoms with van der Waals surface area (Å²) in [5.74, 6) is -0.417. The van der Waals surface area contributed by atoms with Crippen LogP contribution < -0.4 is 20.9 Å². The number of nitrogens with zero attached hydrogens (tertiary/aromatic N) is 1. The lowest BCUT2D eigenvalue weighted by atomic mass is 10.0. The monoisotopic (exact) mass is 422 g/mol. The van der Waals surface area contributed by atoms with E-state index in [-0.39, 0.29) is 30.3 Å². The van der Waals surface area contributed by atoms with E-state index in [0.29, 0.717) is 23.8 Å². The highest BCUT2D eigenvalue weighted by Crippen LogP contribution is 2.29. The Morgan fingerprint density at radius 2 is 1.65 bits per heavy atom. The van der Waals surface area contributed by atoms with Crippen molar-refractivity contribution in [2.24, 2.45) is 5.92 Å². The van der Waals surface area contributed by atoms with Crippen molar-refractivity contribution in [1.82, 2.24) is 5.32 Å². The fraction of sp³-hybridized carbons (Fsp3) is 0.375. The molecule has 1 fully saturated rings. The quantitative estimate of drug-likeness (QED) is 0.647. The zero-order valence-corrected chi connectivity index (χ0v) is 18.4. The number of urea groups is 1. The molecule has 7 heteroatoms. The molecule has 0 aliphatic carbocycles. The number of carbonyl (C=O) groups excluding carboxylic acids is 3. The first-order valence-electron chi connectivity index (χ1n) is 10.6. The molecule has 1 atom stereocenters. The summed E-state index contributed by atoms with van der Waals surface area (Å²) in [7, 11) is 0. The molecular weight excluding hydrogens is 392 g/mol. The van der Waals surface area contributed by atoms with Gasteiger partial charge in [0.05, 0.1) is 17.3 Å². The van der Waals surface area contributed by atoms with Crippen LogP contribution in [0.25, 0.3) is 0 Å². The van der Waals surface area contributed by atoms with E-state index in [1.807, 2.05) is 38.1 Å². The Bertz CT molecular complexity index is 971. The molecule has 7 nitrogen and oxygen atoms in total. The first kappa shape index (κ1) is 22.3. The van der Waals surface area contributed by atoms with Crippen LogP contribution in [0.4, 0.5) is 21.9 Å². The van der Waals surface area contributed by atoms with Crippen molar-refractivity contribution in [3.05, 3.63) is 54.1 Å². The molecule has 0 bridgehead atoms. The van der Waals surface area contributed by atoms with Crippen molar-refractivity contribution < 1.29 is 14.4 Å². The van der Waals surface area contributed by atoms with Crippen LogP contribution in [0.15, 0.2) is 48.5 Å². The first-order valence-corrected chi connectivity index (χ1v) is 10.6. The second-order valence-corrected chi connectivity index (χ2v) is 8.44. The fourth-order valence-corrected chi connectivity index (χ4v) is 3.54. The van der Waals surface area contributed by atoms with Crippen molar-refractivity contribution in [2.45, 2.75) is 46.1 Å². The number of nitrogens with one attached hydrogen (secondary N) is 3. The van der Waals surface area contributed by atoms with E-state index in [4.69, 9.17) is 0 Å². The zero-order chi connectivity index (χ0) is 22.5. The smallest absolute Gasteiger partial charge is 0.319 e. The van der Waals surface area contributed by atoms with Gasteiger partial charge in [0.1, 0.15) is 0 Å². The number of benzene rings is 2. The molecule has 0 spiro atoms. The fourth-order valence-electron chi connectivity index (χ4n) is 3.54. The number of amides is 4. The van der Waals surface area contributed by atoms with Crippen LogP contribution in [0.3, 0.4) is 0 Å². The molecule has 164 valence electrons.